The molecule has 0 radical (unpaired) electrons. The molecule has 128 valence electrons. The number of aryl methyl sites for hydroxylation is 1. The van der Waals surface area contributed by atoms with Crippen molar-refractivity contribution in [3.05, 3.63) is 82.3 Å². The van der Waals surface area contributed by atoms with Gasteiger partial charge in [0.05, 0.1) is 5.69 Å². The standard InChI is InChI=1S/C20H15BrN4O/c1-13-10-18-19(24-25(23-18)16-8-3-2-4-9-16)12-17(13)22-20(26)14-6-5-7-15(21)11-14/h2-12H,1H3,(H,22,26). The van der Waals surface area contributed by atoms with Crippen LogP contribution in [0.25, 0.3) is 16.7 Å². The number of anilines is 1. The summed E-state index contributed by atoms with van der Waals surface area (Å²) in [5, 5.41) is 12.0. The molecule has 3 aromatic carbocycles. The van der Waals surface area contributed by atoms with E-state index in [0.717, 1.165) is 32.4 Å². The lowest BCUT2D eigenvalue weighted by molar-refractivity contribution is 0.102. The highest BCUT2D eigenvalue weighted by Gasteiger charge is 2.12. The molecule has 4 aromatic rings. The molecule has 0 aliphatic heterocycles. The number of rotatable bonds is 3. The van der Waals surface area contributed by atoms with E-state index in [-0.39, 0.29) is 5.91 Å². The number of benzene rings is 3. The SMILES string of the molecule is Cc1cc2nn(-c3ccccc3)nc2cc1NC(=O)c1cccc(Br)c1. The van der Waals surface area contributed by atoms with E-state index < -0.39 is 0 Å². The topological polar surface area (TPSA) is 59.8 Å². The molecule has 0 aliphatic rings. The van der Waals surface area contributed by atoms with E-state index in [1.54, 1.807) is 16.9 Å². The van der Waals surface area contributed by atoms with Gasteiger partial charge in [-0.15, -0.1) is 10.2 Å². The fourth-order valence-corrected chi connectivity index (χ4v) is 3.10. The molecule has 1 aromatic heterocycles. The molecule has 0 bridgehead atoms. The maximum absolute atomic E-state index is 12.5. The summed E-state index contributed by atoms with van der Waals surface area (Å²) in [4.78, 5) is 14.1. The summed E-state index contributed by atoms with van der Waals surface area (Å²) in [5.74, 6) is -0.163. The molecule has 1 heterocycles. The molecule has 1 N–H and O–H groups in total. The monoisotopic (exact) mass is 406 g/mol. The van der Waals surface area contributed by atoms with E-state index in [1.807, 2.05) is 61.5 Å². The van der Waals surface area contributed by atoms with Crippen molar-refractivity contribution in [1.82, 2.24) is 15.0 Å². The third-order valence-electron chi connectivity index (χ3n) is 4.05. The zero-order valence-electron chi connectivity index (χ0n) is 14.0. The van der Waals surface area contributed by atoms with Crippen LogP contribution in [-0.4, -0.2) is 20.9 Å². The lowest BCUT2D eigenvalue weighted by Crippen LogP contribution is -2.12. The molecule has 0 spiro atoms. The zero-order valence-corrected chi connectivity index (χ0v) is 15.6. The largest absolute Gasteiger partial charge is 0.322 e. The Labute approximate surface area is 158 Å². The first-order chi connectivity index (χ1) is 12.6. The molecule has 0 unspecified atom stereocenters. The first-order valence-electron chi connectivity index (χ1n) is 8.10. The fourth-order valence-electron chi connectivity index (χ4n) is 2.70. The second-order valence-electron chi connectivity index (χ2n) is 5.95. The number of amides is 1. The summed E-state index contributed by atoms with van der Waals surface area (Å²) in [6.45, 7) is 1.94. The van der Waals surface area contributed by atoms with Crippen molar-refractivity contribution in [3.8, 4) is 5.69 Å². The van der Waals surface area contributed by atoms with Gasteiger partial charge in [-0.05, 0) is 55.0 Å². The minimum absolute atomic E-state index is 0.163. The average Bonchev–Trinajstić information content (AvgIpc) is 3.05. The van der Waals surface area contributed by atoms with Gasteiger partial charge in [-0.1, -0.05) is 40.2 Å². The number of nitrogens with zero attached hydrogens (tertiary/aromatic N) is 3. The smallest absolute Gasteiger partial charge is 0.255 e. The van der Waals surface area contributed by atoms with E-state index in [4.69, 9.17) is 0 Å². The van der Waals surface area contributed by atoms with E-state index >= 15 is 0 Å². The average molecular weight is 407 g/mol. The van der Waals surface area contributed by atoms with Crippen LogP contribution in [0.3, 0.4) is 0 Å². The third kappa shape index (κ3) is 3.23. The van der Waals surface area contributed by atoms with Gasteiger partial charge in [0.1, 0.15) is 11.0 Å². The Morgan fingerprint density at radius 1 is 0.962 bits per heavy atom. The molecular formula is C20H15BrN4O. The van der Waals surface area contributed by atoms with Crippen molar-refractivity contribution in [1.29, 1.82) is 0 Å². The minimum Gasteiger partial charge on any atom is -0.322 e. The Morgan fingerprint density at radius 2 is 1.69 bits per heavy atom. The highest BCUT2D eigenvalue weighted by molar-refractivity contribution is 9.10. The molecular weight excluding hydrogens is 392 g/mol. The van der Waals surface area contributed by atoms with Crippen LogP contribution < -0.4 is 5.32 Å². The highest BCUT2D eigenvalue weighted by Crippen LogP contribution is 2.23. The lowest BCUT2D eigenvalue weighted by atomic mass is 10.1. The van der Waals surface area contributed by atoms with Crippen molar-refractivity contribution >= 4 is 38.6 Å². The minimum atomic E-state index is -0.163. The van der Waals surface area contributed by atoms with Crippen LogP contribution >= 0.6 is 15.9 Å². The van der Waals surface area contributed by atoms with Crippen LogP contribution in [0.1, 0.15) is 15.9 Å². The van der Waals surface area contributed by atoms with Crippen LogP contribution in [0.2, 0.25) is 0 Å². The number of aromatic nitrogens is 3. The molecule has 5 nitrogen and oxygen atoms in total. The Balaban J connectivity index is 1.67. The van der Waals surface area contributed by atoms with Crippen molar-refractivity contribution < 1.29 is 4.79 Å². The van der Waals surface area contributed by atoms with E-state index in [0.29, 0.717) is 5.56 Å². The van der Waals surface area contributed by atoms with E-state index in [1.165, 1.54) is 0 Å². The maximum Gasteiger partial charge on any atom is 0.255 e. The molecule has 0 aliphatic carbocycles. The lowest BCUT2D eigenvalue weighted by Gasteiger charge is -2.08. The van der Waals surface area contributed by atoms with Gasteiger partial charge in [0.2, 0.25) is 0 Å². The Bertz CT molecular complexity index is 1110. The summed E-state index contributed by atoms with van der Waals surface area (Å²) in [5.41, 5.74) is 4.65. The number of para-hydroxylation sites is 1. The number of halogens is 1. The second-order valence-corrected chi connectivity index (χ2v) is 6.86. The van der Waals surface area contributed by atoms with Crippen LogP contribution in [0, 0.1) is 6.92 Å². The van der Waals surface area contributed by atoms with Crippen LogP contribution in [-0.2, 0) is 0 Å². The first kappa shape index (κ1) is 16.5. The van der Waals surface area contributed by atoms with Gasteiger partial charge in [0.25, 0.3) is 5.91 Å². The molecule has 0 saturated carbocycles. The summed E-state index contributed by atoms with van der Waals surface area (Å²) in [7, 11) is 0. The van der Waals surface area contributed by atoms with Crippen molar-refractivity contribution in [3.63, 3.8) is 0 Å². The Kier molecular flexibility index (Phi) is 4.26. The Hall–Kier alpha value is -2.99. The summed E-state index contributed by atoms with van der Waals surface area (Å²) in [6, 6.07) is 20.8. The molecule has 0 saturated heterocycles. The third-order valence-corrected chi connectivity index (χ3v) is 4.54. The number of hydrogen-bond donors (Lipinski definition) is 1. The number of nitrogens with one attached hydrogen (secondary N) is 1. The van der Waals surface area contributed by atoms with Crippen molar-refractivity contribution in [2.45, 2.75) is 6.92 Å². The van der Waals surface area contributed by atoms with Gasteiger partial charge in [-0.25, -0.2) is 0 Å². The van der Waals surface area contributed by atoms with Gasteiger partial charge in [0, 0.05) is 15.7 Å². The van der Waals surface area contributed by atoms with Crippen molar-refractivity contribution in [2.24, 2.45) is 0 Å². The van der Waals surface area contributed by atoms with Crippen LogP contribution in [0.5, 0.6) is 0 Å². The predicted molar refractivity (Wildman–Crippen MR) is 106 cm³/mol. The molecule has 0 atom stereocenters. The normalized spacial score (nSPS) is 10.8. The zero-order chi connectivity index (χ0) is 18.1. The summed E-state index contributed by atoms with van der Waals surface area (Å²) < 4.78 is 0.864. The molecule has 26 heavy (non-hydrogen) atoms. The first-order valence-corrected chi connectivity index (χ1v) is 8.89. The van der Waals surface area contributed by atoms with Gasteiger partial charge in [0.15, 0.2) is 0 Å². The second kappa shape index (κ2) is 6.72. The molecule has 4 rings (SSSR count). The predicted octanol–water partition coefficient (Wildman–Crippen LogP) is 4.74. The Morgan fingerprint density at radius 3 is 2.42 bits per heavy atom. The van der Waals surface area contributed by atoms with Crippen LogP contribution in [0.15, 0.2) is 71.2 Å². The molecule has 6 heteroatoms. The highest BCUT2D eigenvalue weighted by atomic mass is 79.9. The fraction of sp³-hybridized carbons (Fsp3) is 0.0500. The van der Waals surface area contributed by atoms with E-state index in [2.05, 4.69) is 31.4 Å². The summed E-state index contributed by atoms with van der Waals surface area (Å²) in [6.07, 6.45) is 0. The maximum atomic E-state index is 12.5. The van der Waals surface area contributed by atoms with Gasteiger partial charge >= 0.3 is 0 Å². The number of hydrogen-bond acceptors (Lipinski definition) is 3. The molecule has 1 amide bonds. The summed E-state index contributed by atoms with van der Waals surface area (Å²) >= 11 is 3.39. The van der Waals surface area contributed by atoms with Gasteiger partial charge < -0.3 is 5.32 Å². The van der Waals surface area contributed by atoms with Crippen molar-refractivity contribution in [2.75, 3.05) is 5.32 Å². The van der Waals surface area contributed by atoms with Gasteiger partial charge in [-0.2, -0.15) is 4.80 Å². The number of carbonyl (C=O) groups excluding carboxylic acids is 1. The number of fused-ring (bicyclic) bond motifs is 1. The molecule has 0 fully saturated rings. The number of carbonyl (C=O) groups is 1. The quantitative estimate of drug-likeness (QED) is 0.534. The van der Waals surface area contributed by atoms with E-state index in [9.17, 15) is 4.79 Å². The van der Waals surface area contributed by atoms with Crippen LogP contribution in [0.4, 0.5) is 5.69 Å². The van der Waals surface area contributed by atoms with Gasteiger partial charge in [-0.3, -0.25) is 4.79 Å².